The molecular formula is C21H17Br3N2O2. The Bertz CT molecular complexity index is 805. The van der Waals surface area contributed by atoms with Gasteiger partial charge in [0.2, 0.25) is 0 Å². The first-order valence-electron chi connectivity index (χ1n) is 8.41. The molecule has 0 saturated heterocycles. The number of benzene rings is 3. The largest absolute Gasteiger partial charge is 0.424 e. The van der Waals surface area contributed by atoms with Crippen molar-refractivity contribution in [2.24, 2.45) is 0 Å². The Kier molecular flexibility index (Phi) is 6.93. The molecular weight excluding hydrogens is 552 g/mol. The number of carbonyl (C=O) groups is 1. The molecule has 0 spiro atoms. The minimum atomic E-state index is -1.15. The van der Waals surface area contributed by atoms with Crippen molar-refractivity contribution in [3.05, 3.63) is 108 Å². The second-order valence-electron chi connectivity index (χ2n) is 5.93. The molecule has 0 aliphatic rings. The second kappa shape index (κ2) is 9.22. The third kappa shape index (κ3) is 5.03. The van der Waals surface area contributed by atoms with Crippen LogP contribution in [0.5, 0.6) is 0 Å². The van der Waals surface area contributed by atoms with Crippen LogP contribution in [0.15, 0.2) is 91.0 Å². The Hall–Kier alpha value is -1.67. The van der Waals surface area contributed by atoms with Gasteiger partial charge in [0, 0.05) is 0 Å². The molecule has 0 aliphatic heterocycles. The molecule has 3 aromatic carbocycles. The number of halogens is 3. The lowest BCUT2D eigenvalue weighted by molar-refractivity contribution is 0.146. The maximum atomic E-state index is 12.3. The summed E-state index contributed by atoms with van der Waals surface area (Å²) in [6.07, 6.45) is -0.669. The van der Waals surface area contributed by atoms with E-state index in [0.29, 0.717) is 0 Å². The molecule has 0 radical (unpaired) electrons. The number of hydrazine groups is 1. The number of hydrogen-bond acceptors (Lipinski definition) is 3. The summed E-state index contributed by atoms with van der Waals surface area (Å²) in [5.41, 5.74) is 7.97. The Labute approximate surface area is 189 Å². The highest BCUT2D eigenvalue weighted by atomic mass is 80.0. The van der Waals surface area contributed by atoms with E-state index in [1.54, 1.807) is 0 Å². The SMILES string of the molecule is O=C(NNC(c1ccccc1)(c1ccccc1)c1ccccc1)OC(Br)(Br)Br. The van der Waals surface area contributed by atoms with Gasteiger partial charge in [-0.15, -0.1) is 0 Å². The van der Waals surface area contributed by atoms with Crippen LogP contribution in [0.4, 0.5) is 4.79 Å². The molecule has 0 saturated carbocycles. The lowest BCUT2D eigenvalue weighted by atomic mass is 9.77. The van der Waals surface area contributed by atoms with Gasteiger partial charge >= 0.3 is 6.09 Å². The summed E-state index contributed by atoms with van der Waals surface area (Å²) >= 11 is 9.47. The van der Waals surface area contributed by atoms with Crippen LogP contribution in [-0.4, -0.2) is 8.42 Å². The Morgan fingerprint density at radius 1 is 0.679 bits per heavy atom. The number of alkyl halides is 3. The van der Waals surface area contributed by atoms with Gasteiger partial charge < -0.3 is 4.74 Å². The second-order valence-corrected chi connectivity index (χ2v) is 12.5. The summed E-state index contributed by atoms with van der Waals surface area (Å²) in [5, 5.41) is 0. The molecule has 0 bridgehead atoms. The third-order valence-electron chi connectivity index (χ3n) is 4.18. The zero-order chi connectivity index (χ0) is 20.0. The minimum absolute atomic E-state index is 0.669. The molecule has 3 rings (SSSR count). The summed E-state index contributed by atoms with van der Waals surface area (Å²) in [6, 6.07) is 29.8. The Morgan fingerprint density at radius 3 is 1.36 bits per heavy atom. The predicted octanol–water partition coefficient (Wildman–Crippen LogP) is 6.01. The summed E-state index contributed by atoms with van der Waals surface area (Å²) in [7, 11) is 0. The van der Waals surface area contributed by atoms with Crippen molar-refractivity contribution in [1.82, 2.24) is 10.9 Å². The highest BCUT2D eigenvalue weighted by Gasteiger charge is 2.37. The molecule has 7 heteroatoms. The normalized spacial score (nSPS) is 11.7. The lowest BCUT2D eigenvalue weighted by Crippen LogP contribution is -2.54. The summed E-state index contributed by atoms with van der Waals surface area (Å²) in [4.78, 5) is 12.3. The predicted molar refractivity (Wildman–Crippen MR) is 121 cm³/mol. The van der Waals surface area contributed by atoms with E-state index in [9.17, 15) is 4.79 Å². The van der Waals surface area contributed by atoms with Crippen molar-refractivity contribution >= 4 is 53.9 Å². The van der Waals surface area contributed by atoms with Crippen molar-refractivity contribution in [1.29, 1.82) is 0 Å². The van der Waals surface area contributed by atoms with Crippen LogP contribution in [-0.2, 0) is 10.3 Å². The number of amides is 1. The van der Waals surface area contributed by atoms with Crippen LogP contribution in [0.2, 0.25) is 0 Å². The minimum Gasteiger partial charge on any atom is -0.410 e. The molecule has 3 aromatic rings. The summed E-state index contributed by atoms with van der Waals surface area (Å²) in [5.74, 6) is 0. The van der Waals surface area contributed by atoms with Gasteiger partial charge in [0.15, 0.2) is 0 Å². The first-order valence-corrected chi connectivity index (χ1v) is 10.8. The average molecular weight is 569 g/mol. The molecule has 28 heavy (non-hydrogen) atoms. The van der Waals surface area contributed by atoms with Crippen molar-refractivity contribution in [2.45, 2.75) is 7.87 Å². The molecule has 0 heterocycles. The van der Waals surface area contributed by atoms with Gasteiger partial charge in [-0.25, -0.2) is 10.2 Å². The monoisotopic (exact) mass is 566 g/mol. The lowest BCUT2D eigenvalue weighted by Gasteiger charge is -2.36. The fourth-order valence-corrected chi connectivity index (χ4v) is 3.50. The Balaban J connectivity index is 2.10. The molecule has 0 aromatic heterocycles. The summed E-state index contributed by atoms with van der Waals surface area (Å²) in [6.45, 7) is 0. The van der Waals surface area contributed by atoms with Gasteiger partial charge in [-0.05, 0) is 64.5 Å². The highest BCUT2D eigenvalue weighted by molar-refractivity contribution is 9.39. The zero-order valence-corrected chi connectivity index (χ0v) is 19.4. The third-order valence-corrected chi connectivity index (χ3v) is 4.67. The van der Waals surface area contributed by atoms with E-state index in [4.69, 9.17) is 4.74 Å². The van der Waals surface area contributed by atoms with Gasteiger partial charge in [-0.2, -0.15) is 0 Å². The van der Waals surface area contributed by atoms with Gasteiger partial charge in [-0.3, -0.25) is 5.43 Å². The fraction of sp³-hybridized carbons (Fsp3) is 0.0952. The Morgan fingerprint density at radius 2 is 1.04 bits per heavy atom. The van der Waals surface area contributed by atoms with Crippen LogP contribution in [0.25, 0.3) is 0 Å². The fourth-order valence-electron chi connectivity index (χ4n) is 3.06. The van der Waals surface area contributed by atoms with Crippen LogP contribution < -0.4 is 10.9 Å². The molecule has 0 unspecified atom stereocenters. The van der Waals surface area contributed by atoms with E-state index in [0.717, 1.165) is 16.7 Å². The number of hydrogen-bond donors (Lipinski definition) is 2. The molecule has 0 aliphatic carbocycles. The van der Waals surface area contributed by atoms with E-state index in [1.807, 2.05) is 91.0 Å². The van der Waals surface area contributed by atoms with Gasteiger partial charge in [0.05, 0.1) is 0 Å². The molecule has 4 nitrogen and oxygen atoms in total. The van der Waals surface area contributed by atoms with Crippen LogP contribution in [0.1, 0.15) is 16.7 Å². The quantitative estimate of drug-likeness (QED) is 0.225. The first kappa shape index (κ1) is 21.0. The average Bonchev–Trinajstić information content (AvgIpc) is 2.70. The number of nitrogens with one attached hydrogen (secondary N) is 2. The van der Waals surface area contributed by atoms with E-state index in [-0.39, 0.29) is 0 Å². The number of ether oxygens (including phenoxy) is 1. The standard InChI is InChI=1S/C21H17Br3N2O2/c22-21(23,24)28-19(27)25-26-20(16-10-4-1-5-11-16,17-12-6-2-7-13-17)18-14-8-3-9-15-18/h1-15,26H,(H,25,27). The molecule has 0 atom stereocenters. The van der Waals surface area contributed by atoms with E-state index < -0.39 is 14.0 Å². The van der Waals surface area contributed by atoms with Crippen molar-refractivity contribution in [2.75, 3.05) is 0 Å². The van der Waals surface area contributed by atoms with Crippen molar-refractivity contribution < 1.29 is 9.53 Å². The van der Waals surface area contributed by atoms with E-state index in [1.165, 1.54) is 0 Å². The molecule has 1 amide bonds. The van der Waals surface area contributed by atoms with Crippen molar-refractivity contribution in [3.63, 3.8) is 0 Å². The van der Waals surface area contributed by atoms with Crippen LogP contribution in [0, 0.1) is 0 Å². The van der Waals surface area contributed by atoms with Gasteiger partial charge in [0.25, 0.3) is 2.33 Å². The van der Waals surface area contributed by atoms with E-state index in [2.05, 4.69) is 58.6 Å². The van der Waals surface area contributed by atoms with Crippen LogP contribution in [0.3, 0.4) is 0 Å². The number of rotatable bonds is 5. The smallest absolute Gasteiger partial charge is 0.410 e. The maximum Gasteiger partial charge on any atom is 0.424 e. The zero-order valence-electron chi connectivity index (χ0n) is 14.6. The van der Waals surface area contributed by atoms with Gasteiger partial charge in [0.1, 0.15) is 5.54 Å². The molecule has 2 N–H and O–H groups in total. The van der Waals surface area contributed by atoms with Crippen molar-refractivity contribution in [3.8, 4) is 0 Å². The maximum absolute atomic E-state index is 12.3. The summed E-state index contributed by atoms with van der Waals surface area (Å²) < 4.78 is 4.03. The first-order chi connectivity index (χ1) is 13.4. The molecule has 0 fully saturated rings. The number of carbonyl (C=O) groups excluding carboxylic acids is 1. The topological polar surface area (TPSA) is 50.4 Å². The highest BCUT2D eigenvalue weighted by Crippen LogP contribution is 2.37. The van der Waals surface area contributed by atoms with E-state index >= 15 is 0 Å². The van der Waals surface area contributed by atoms with Crippen LogP contribution >= 0.6 is 47.8 Å². The van der Waals surface area contributed by atoms with Gasteiger partial charge in [-0.1, -0.05) is 91.0 Å². The molecule has 144 valence electrons.